The minimum atomic E-state index is -0.136. The maximum atomic E-state index is 5.27. The number of hydrogen-bond acceptors (Lipinski definition) is 3. The maximum absolute atomic E-state index is 5.27. The van der Waals surface area contributed by atoms with Crippen LogP contribution < -0.4 is 0 Å². The molecule has 17 heavy (non-hydrogen) atoms. The first-order chi connectivity index (χ1) is 8.24. The first-order valence-electron chi connectivity index (χ1n) is 6.11. The highest BCUT2D eigenvalue weighted by Crippen LogP contribution is 2.23. The van der Waals surface area contributed by atoms with Crippen LogP contribution in [-0.4, -0.2) is 38.0 Å². The van der Waals surface area contributed by atoms with Gasteiger partial charge in [0.1, 0.15) is 0 Å². The van der Waals surface area contributed by atoms with Crippen LogP contribution in [-0.2, 0) is 22.4 Å². The van der Waals surface area contributed by atoms with E-state index in [2.05, 4.69) is 36.1 Å². The quantitative estimate of drug-likeness (QED) is 0.746. The zero-order chi connectivity index (χ0) is 12.3. The van der Waals surface area contributed by atoms with Crippen molar-refractivity contribution in [2.45, 2.75) is 32.2 Å². The summed E-state index contributed by atoms with van der Waals surface area (Å²) in [5, 5.41) is 0. The molecule has 0 N–H and O–H groups in total. The normalized spacial score (nSPS) is 20.6. The summed E-state index contributed by atoms with van der Waals surface area (Å²) in [4.78, 5) is 2.42. The first-order valence-corrected chi connectivity index (χ1v) is 6.11. The molecule has 1 aromatic rings. The molecule has 1 aromatic carbocycles. The minimum absolute atomic E-state index is 0.136. The van der Waals surface area contributed by atoms with Crippen LogP contribution in [0.1, 0.15) is 18.1 Å². The van der Waals surface area contributed by atoms with Crippen LogP contribution in [0.2, 0.25) is 0 Å². The van der Waals surface area contributed by atoms with Crippen molar-refractivity contribution in [3.05, 3.63) is 35.4 Å². The Balaban J connectivity index is 2.07. The van der Waals surface area contributed by atoms with Gasteiger partial charge in [-0.3, -0.25) is 4.90 Å². The highest BCUT2D eigenvalue weighted by atomic mass is 16.7. The van der Waals surface area contributed by atoms with E-state index in [1.54, 1.807) is 14.2 Å². The predicted octanol–water partition coefficient (Wildman–Crippen LogP) is 2.05. The number of fused-ring (bicyclic) bond motifs is 1. The highest BCUT2D eigenvalue weighted by Gasteiger charge is 2.24. The molecule has 3 heteroatoms. The number of hydrogen-bond donors (Lipinski definition) is 0. The van der Waals surface area contributed by atoms with Crippen molar-refractivity contribution in [3.63, 3.8) is 0 Å². The predicted molar refractivity (Wildman–Crippen MR) is 67.8 cm³/mol. The lowest BCUT2D eigenvalue weighted by atomic mass is 9.95. The molecule has 0 bridgehead atoms. The highest BCUT2D eigenvalue weighted by molar-refractivity contribution is 5.29. The standard InChI is InChI=1S/C14H21NO2/c1-11-8-12-6-4-5-7-13(12)9-15(11)10-14(16-2)17-3/h4-7,11,14H,8-10H2,1-3H3. The first kappa shape index (κ1) is 12.6. The van der Waals surface area contributed by atoms with Crippen LogP contribution in [0.4, 0.5) is 0 Å². The summed E-state index contributed by atoms with van der Waals surface area (Å²) in [6, 6.07) is 9.21. The Bertz CT molecular complexity index is 363. The molecule has 2 rings (SSSR count). The molecular weight excluding hydrogens is 214 g/mol. The molecule has 1 unspecified atom stereocenters. The Labute approximate surface area is 103 Å². The Hall–Kier alpha value is -0.900. The topological polar surface area (TPSA) is 21.7 Å². The Morgan fingerprint density at radius 2 is 1.88 bits per heavy atom. The number of nitrogens with zero attached hydrogens (tertiary/aromatic N) is 1. The molecule has 0 saturated heterocycles. The van der Waals surface area contributed by atoms with E-state index in [1.165, 1.54) is 11.1 Å². The van der Waals surface area contributed by atoms with Crippen molar-refractivity contribution in [1.29, 1.82) is 0 Å². The molecule has 0 fully saturated rings. The average molecular weight is 235 g/mol. The molecule has 1 atom stereocenters. The van der Waals surface area contributed by atoms with Gasteiger partial charge in [-0.2, -0.15) is 0 Å². The fourth-order valence-corrected chi connectivity index (χ4v) is 2.41. The average Bonchev–Trinajstić information content (AvgIpc) is 2.36. The molecule has 0 aliphatic carbocycles. The molecule has 0 spiro atoms. The van der Waals surface area contributed by atoms with Crippen molar-refractivity contribution in [2.24, 2.45) is 0 Å². The number of ether oxygens (including phenoxy) is 2. The fourth-order valence-electron chi connectivity index (χ4n) is 2.41. The van der Waals surface area contributed by atoms with Gasteiger partial charge >= 0.3 is 0 Å². The van der Waals surface area contributed by atoms with Crippen LogP contribution >= 0.6 is 0 Å². The largest absolute Gasteiger partial charge is 0.355 e. The molecule has 0 aromatic heterocycles. The maximum Gasteiger partial charge on any atom is 0.169 e. The fraction of sp³-hybridized carbons (Fsp3) is 0.571. The van der Waals surface area contributed by atoms with Gasteiger partial charge in [-0.25, -0.2) is 0 Å². The van der Waals surface area contributed by atoms with Crippen molar-refractivity contribution in [1.82, 2.24) is 4.90 Å². The number of benzene rings is 1. The summed E-state index contributed by atoms with van der Waals surface area (Å²) in [5.41, 5.74) is 2.90. The van der Waals surface area contributed by atoms with E-state index in [-0.39, 0.29) is 6.29 Å². The molecule has 1 aliphatic rings. The molecule has 1 aliphatic heterocycles. The van der Waals surface area contributed by atoms with E-state index in [4.69, 9.17) is 9.47 Å². The van der Waals surface area contributed by atoms with Gasteiger partial charge < -0.3 is 9.47 Å². The third kappa shape index (κ3) is 2.86. The lowest BCUT2D eigenvalue weighted by Gasteiger charge is -2.36. The summed E-state index contributed by atoms with van der Waals surface area (Å²) in [5.74, 6) is 0. The van der Waals surface area contributed by atoms with Crippen LogP contribution in [0.3, 0.4) is 0 Å². The van der Waals surface area contributed by atoms with Crippen molar-refractivity contribution in [3.8, 4) is 0 Å². The van der Waals surface area contributed by atoms with Gasteiger partial charge in [-0.15, -0.1) is 0 Å². The Morgan fingerprint density at radius 1 is 1.24 bits per heavy atom. The van der Waals surface area contributed by atoms with Gasteiger partial charge in [0.25, 0.3) is 0 Å². The zero-order valence-electron chi connectivity index (χ0n) is 10.8. The second-order valence-electron chi connectivity index (χ2n) is 4.65. The summed E-state index contributed by atoms with van der Waals surface area (Å²) in [6.45, 7) is 4.07. The van der Waals surface area contributed by atoms with Gasteiger partial charge in [0.15, 0.2) is 6.29 Å². The molecule has 3 nitrogen and oxygen atoms in total. The zero-order valence-corrected chi connectivity index (χ0v) is 10.8. The monoisotopic (exact) mass is 235 g/mol. The van der Waals surface area contributed by atoms with E-state index >= 15 is 0 Å². The third-order valence-corrected chi connectivity index (χ3v) is 3.54. The van der Waals surface area contributed by atoms with E-state index in [0.29, 0.717) is 6.04 Å². The molecular formula is C14H21NO2. The molecule has 1 heterocycles. The van der Waals surface area contributed by atoms with Crippen LogP contribution in [0.25, 0.3) is 0 Å². The van der Waals surface area contributed by atoms with Gasteiger partial charge in [-0.05, 0) is 24.5 Å². The summed E-state index contributed by atoms with van der Waals surface area (Å²) < 4.78 is 10.5. The Kier molecular flexibility index (Phi) is 4.15. The molecule has 0 saturated carbocycles. The van der Waals surface area contributed by atoms with E-state index in [1.807, 2.05) is 0 Å². The van der Waals surface area contributed by atoms with E-state index in [0.717, 1.165) is 19.5 Å². The third-order valence-electron chi connectivity index (χ3n) is 3.54. The van der Waals surface area contributed by atoms with Crippen molar-refractivity contribution >= 4 is 0 Å². The smallest absolute Gasteiger partial charge is 0.169 e. The second-order valence-corrected chi connectivity index (χ2v) is 4.65. The van der Waals surface area contributed by atoms with Gasteiger partial charge in [0.2, 0.25) is 0 Å². The molecule has 0 radical (unpaired) electrons. The van der Waals surface area contributed by atoms with Gasteiger partial charge in [-0.1, -0.05) is 24.3 Å². The summed E-state index contributed by atoms with van der Waals surface area (Å²) in [6.07, 6.45) is 0.971. The lowest BCUT2D eigenvalue weighted by molar-refractivity contribution is -0.122. The van der Waals surface area contributed by atoms with Crippen LogP contribution in [0, 0.1) is 0 Å². The van der Waals surface area contributed by atoms with Crippen molar-refractivity contribution in [2.75, 3.05) is 20.8 Å². The van der Waals surface area contributed by atoms with Gasteiger partial charge in [0, 0.05) is 26.8 Å². The van der Waals surface area contributed by atoms with Crippen LogP contribution in [0.15, 0.2) is 24.3 Å². The van der Waals surface area contributed by atoms with Crippen molar-refractivity contribution < 1.29 is 9.47 Å². The lowest BCUT2D eigenvalue weighted by Crippen LogP contribution is -2.43. The number of methoxy groups -OCH3 is 2. The SMILES string of the molecule is COC(CN1Cc2ccccc2CC1C)OC. The summed E-state index contributed by atoms with van der Waals surface area (Å²) >= 11 is 0. The summed E-state index contributed by atoms with van der Waals surface area (Å²) in [7, 11) is 3.38. The van der Waals surface area contributed by atoms with E-state index in [9.17, 15) is 0 Å². The van der Waals surface area contributed by atoms with E-state index < -0.39 is 0 Å². The second kappa shape index (κ2) is 5.63. The molecule has 94 valence electrons. The number of rotatable bonds is 4. The van der Waals surface area contributed by atoms with Crippen LogP contribution in [0.5, 0.6) is 0 Å². The van der Waals surface area contributed by atoms with Gasteiger partial charge in [0.05, 0.1) is 6.54 Å². The molecule has 0 amide bonds. The minimum Gasteiger partial charge on any atom is -0.355 e. The Morgan fingerprint density at radius 3 is 2.53 bits per heavy atom.